The number of nitrogens with one attached hydrogen (secondary N) is 1. The number of nitrogen functional groups attached to an aromatic ring is 2. The van der Waals surface area contributed by atoms with Crippen LogP contribution in [0.25, 0.3) is 0 Å². The lowest BCUT2D eigenvalue weighted by Gasteiger charge is -2.00. The molecule has 1 aromatic rings. The molecule has 0 aliphatic heterocycles. The van der Waals surface area contributed by atoms with Crippen LogP contribution in [0.4, 0.5) is 17.8 Å². The summed E-state index contributed by atoms with van der Waals surface area (Å²) >= 11 is 1.36. The van der Waals surface area contributed by atoms with Crippen LogP contribution in [0.1, 0.15) is 0 Å². The molecule has 0 atom stereocenters. The van der Waals surface area contributed by atoms with E-state index in [1.54, 1.807) is 0 Å². The first kappa shape index (κ1) is 7.86. The fourth-order valence-corrected chi connectivity index (χ4v) is 0.820. The zero-order valence-electron chi connectivity index (χ0n) is 5.90. The van der Waals surface area contributed by atoms with Gasteiger partial charge in [0.05, 0.1) is 0 Å². The first-order valence-electron chi connectivity index (χ1n) is 2.78. The number of rotatable bonds is 2. The Balaban J connectivity index is 2.89. The summed E-state index contributed by atoms with van der Waals surface area (Å²) in [7, 11) is 0. The van der Waals surface area contributed by atoms with Crippen LogP contribution in [0.2, 0.25) is 0 Å². The maximum absolute atomic E-state index is 5.30. The van der Waals surface area contributed by atoms with Crippen molar-refractivity contribution in [1.29, 1.82) is 0 Å². The van der Waals surface area contributed by atoms with Gasteiger partial charge in [0, 0.05) is 6.26 Å². The van der Waals surface area contributed by atoms with E-state index in [9.17, 15) is 0 Å². The van der Waals surface area contributed by atoms with Crippen molar-refractivity contribution in [2.75, 3.05) is 22.4 Å². The summed E-state index contributed by atoms with van der Waals surface area (Å²) in [5.74, 6) is 0.616. The second-order valence-electron chi connectivity index (χ2n) is 1.68. The molecule has 0 aromatic carbocycles. The van der Waals surface area contributed by atoms with Crippen molar-refractivity contribution in [2.24, 2.45) is 0 Å². The van der Waals surface area contributed by atoms with E-state index in [1.165, 1.54) is 11.9 Å². The van der Waals surface area contributed by atoms with Crippen molar-refractivity contribution < 1.29 is 0 Å². The zero-order valence-corrected chi connectivity index (χ0v) is 6.72. The molecule has 0 bridgehead atoms. The minimum absolute atomic E-state index is 0.119. The first-order chi connectivity index (χ1) is 5.22. The Hall–Kier alpha value is -1.24. The second kappa shape index (κ2) is 3.24. The van der Waals surface area contributed by atoms with E-state index in [0.29, 0.717) is 5.95 Å². The summed E-state index contributed by atoms with van der Waals surface area (Å²) in [4.78, 5) is 11.1. The summed E-state index contributed by atoms with van der Waals surface area (Å²) in [6.45, 7) is 0. The molecule has 7 heteroatoms. The number of hydrogen-bond acceptors (Lipinski definition) is 7. The number of hydrogen-bond donors (Lipinski definition) is 3. The maximum atomic E-state index is 5.30. The van der Waals surface area contributed by atoms with Crippen molar-refractivity contribution in [2.45, 2.75) is 0 Å². The fraction of sp³-hybridized carbons (Fsp3) is 0.250. The lowest BCUT2D eigenvalue weighted by Crippen LogP contribution is -2.05. The standard InChI is InChI=1S/C4H8N6S/c1-11-10-4-8-2(5)7-3(6)9-4/h1H3,(H5,5,6,7,8,9,10). The fourth-order valence-electron chi connectivity index (χ4n) is 0.546. The first-order valence-corrected chi connectivity index (χ1v) is 4.01. The van der Waals surface area contributed by atoms with E-state index in [4.69, 9.17) is 11.5 Å². The lowest BCUT2D eigenvalue weighted by atomic mass is 10.8. The molecule has 1 heterocycles. The van der Waals surface area contributed by atoms with Crippen molar-refractivity contribution >= 4 is 29.8 Å². The average molecular weight is 172 g/mol. The van der Waals surface area contributed by atoms with Crippen LogP contribution in [-0.4, -0.2) is 21.2 Å². The molecule has 0 amide bonds. The predicted octanol–water partition coefficient (Wildman–Crippen LogP) is -0.274. The van der Waals surface area contributed by atoms with Gasteiger partial charge in [-0.05, 0) is 0 Å². The molecule has 0 radical (unpaired) electrons. The van der Waals surface area contributed by atoms with Crippen molar-refractivity contribution in [3.8, 4) is 0 Å². The Morgan fingerprint density at radius 3 is 2.18 bits per heavy atom. The van der Waals surface area contributed by atoms with Gasteiger partial charge in [-0.25, -0.2) is 0 Å². The topological polar surface area (TPSA) is 103 Å². The molecule has 0 aliphatic rings. The summed E-state index contributed by atoms with van der Waals surface area (Å²) in [6.07, 6.45) is 1.84. The molecular formula is C4H8N6S. The highest BCUT2D eigenvalue weighted by Crippen LogP contribution is 2.06. The van der Waals surface area contributed by atoms with Crippen LogP contribution in [0.15, 0.2) is 0 Å². The summed E-state index contributed by atoms with van der Waals surface area (Å²) < 4.78 is 2.78. The van der Waals surface area contributed by atoms with Crippen LogP contribution in [0.3, 0.4) is 0 Å². The van der Waals surface area contributed by atoms with Crippen molar-refractivity contribution in [3.05, 3.63) is 0 Å². The molecule has 0 fully saturated rings. The van der Waals surface area contributed by atoms with E-state index < -0.39 is 0 Å². The minimum atomic E-state index is 0.119. The normalized spacial score (nSPS) is 9.55. The predicted molar refractivity (Wildman–Crippen MR) is 45.8 cm³/mol. The van der Waals surface area contributed by atoms with Crippen LogP contribution >= 0.6 is 11.9 Å². The van der Waals surface area contributed by atoms with Crippen LogP contribution in [0.5, 0.6) is 0 Å². The third kappa shape index (κ3) is 2.11. The molecule has 6 nitrogen and oxygen atoms in total. The third-order valence-electron chi connectivity index (χ3n) is 0.863. The van der Waals surface area contributed by atoms with Gasteiger partial charge in [-0.3, -0.25) is 4.72 Å². The number of nitrogens with zero attached hydrogens (tertiary/aromatic N) is 3. The molecule has 60 valence electrons. The molecule has 11 heavy (non-hydrogen) atoms. The van der Waals surface area contributed by atoms with Gasteiger partial charge in [0.25, 0.3) is 0 Å². The van der Waals surface area contributed by atoms with Crippen molar-refractivity contribution in [1.82, 2.24) is 15.0 Å². The van der Waals surface area contributed by atoms with Gasteiger partial charge in [0.1, 0.15) is 0 Å². The molecule has 0 spiro atoms. The smallest absolute Gasteiger partial charge is 0.239 e. The molecule has 0 aliphatic carbocycles. The van der Waals surface area contributed by atoms with Crippen molar-refractivity contribution in [3.63, 3.8) is 0 Å². The van der Waals surface area contributed by atoms with Gasteiger partial charge < -0.3 is 11.5 Å². The summed E-state index contributed by atoms with van der Waals surface area (Å²) in [5.41, 5.74) is 10.6. The molecule has 0 saturated heterocycles. The largest absolute Gasteiger partial charge is 0.368 e. The highest BCUT2D eigenvalue weighted by molar-refractivity contribution is 7.99. The number of nitrogens with two attached hydrogens (primary N) is 2. The molecular weight excluding hydrogens is 164 g/mol. The van der Waals surface area contributed by atoms with Gasteiger partial charge in [-0.1, -0.05) is 11.9 Å². The van der Waals surface area contributed by atoms with E-state index in [-0.39, 0.29) is 11.9 Å². The maximum Gasteiger partial charge on any atom is 0.239 e. The molecule has 5 N–H and O–H groups in total. The monoisotopic (exact) mass is 172 g/mol. The van der Waals surface area contributed by atoms with Crippen LogP contribution < -0.4 is 16.2 Å². The SMILES string of the molecule is CSNc1nc(N)nc(N)n1. The van der Waals surface area contributed by atoms with Gasteiger partial charge in [-0.2, -0.15) is 15.0 Å². The van der Waals surface area contributed by atoms with E-state index in [2.05, 4.69) is 19.7 Å². The average Bonchev–Trinajstić information content (AvgIpc) is 1.85. The van der Waals surface area contributed by atoms with Gasteiger partial charge in [0.15, 0.2) is 0 Å². The Kier molecular flexibility index (Phi) is 2.32. The summed E-state index contributed by atoms with van der Waals surface area (Å²) in [5, 5.41) is 0. The van der Waals surface area contributed by atoms with Gasteiger partial charge in [-0.15, -0.1) is 0 Å². The Morgan fingerprint density at radius 2 is 1.73 bits per heavy atom. The molecule has 0 saturated carbocycles. The zero-order chi connectivity index (χ0) is 8.27. The van der Waals surface area contributed by atoms with E-state index in [0.717, 1.165) is 0 Å². The Morgan fingerprint density at radius 1 is 1.18 bits per heavy atom. The van der Waals surface area contributed by atoms with E-state index in [1.807, 2.05) is 6.26 Å². The van der Waals surface area contributed by atoms with Crippen LogP contribution in [0, 0.1) is 0 Å². The highest BCUT2D eigenvalue weighted by atomic mass is 32.2. The second-order valence-corrected chi connectivity index (χ2v) is 2.29. The quantitative estimate of drug-likeness (QED) is 0.527. The van der Waals surface area contributed by atoms with Crippen LogP contribution in [-0.2, 0) is 0 Å². The number of aromatic nitrogens is 3. The lowest BCUT2D eigenvalue weighted by molar-refractivity contribution is 1.09. The molecule has 0 unspecified atom stereocenters. The Bertz CT molecular complexity index is 230. The Labute approximate surface area is 67.9 Å². The molecule has 1 aromatic heterocycles. The van der Waals surface area contributed by atoms with E-state index >= 15 is 0 Å². The highest BCUT2D eigenvalue weighted by Gasteiger charge is 1.98. The number of anilines is 3. The minimum Gasteiger partial charge on any atom is -0.368 e. The van der Waals surface area contributed by atoms with Gasteiger partial charge in [0.2, 0.25) is 17.8 Å². The summed E-state index contributed by atoms with van der Waals surface area (Å²) in [6, 6.07) is 0. The molecule has 1 rings (SSSR count). The third-order valence-corrected chi connectivity index (χ3v) is 1.25. The van der Waals surface area contributed by atoms with Gasteiger partial charge >= 0.3 is 0 Å².